The van der Waals surface area contributed by atoms with E-state index in [4.69, 9.17) is 5.11 Å². The summed E-state index contributed by atoms with van der Waals surface area (Å²) in [4.78, 5) is 10.5. The molecule has 0 aromatic rings. The van der Waals surface area contributed by atoms with Gasteiger partial charge in [0.15, 0.2) is 5.75 Å². The van der Waals surface area contributed by atoms with E-state index in [0.717, 1.165) is 25.7 Å². The molecule has 6 heteroatoms. The van der Waals surface area contributed by atoms with Crippen LogP contribution in [-0.4, -0.2) is 42.6 Å². The molecule has 0 spiro atoms. The number of nitrogens with zero attached hydrogens (tertiary/aromatic N) is 1. The molecular weight excluding hydrogens is 230 g/mol. The third kappa shape index (κ3) is 3.45. The summed E-state index contributed by atoms with van der Waals surface area (Å²) in [5, 5.41) is 8.54. The van der Waals surface area contributed by atoms with E-state index in [2.05, 4.69) is 6.92 Å². The maximum atomic E-state index is 11.7. The molecular formula is C10H19NO4S. The molecule has 0 amide bonds. The van der Waals surface area contributed by atoms with Gasteiger partial charge in [0.1, 0.15) is 0 Å². The van der Waals surface area contributed by atoms with Gasteiger partial charge < -0.3 is 5.11 Å². The average Bonchev–Trinajstić information content (AvgIpc) is 2.14. The molecule has 1 saturated carbocycles. The number of carbonyl (C=O) groups is 1. The van der Waals surface area contributed by atoms with Crippen LogP contribution in [0, 0.1) is 5.92 Å². The van der Waals surface area contributed by atoms with E-state index in [-0.39, 0.29) is 6.04 Å². The first kappa shape index (κ1) is 13.4. The summed E-state index contributed by atoms with van der Waals surface area (Å²) in [7, 11) is -2.16. The summed E-state index contributed by atoms with van der Waals surface area (Å²) >= 11 is 0. The molecule has 94 valence electrons. The van der Waals surface area contributed by atoms with Gasteiger partial charge in [-0.25, -0.2) is 12.7 Å². The van der Waals surface area contributed by atoms with Gasteiger partial charge in [-0.05, 0) is 18.8 Å². The van der Waals surface area contributed by atoms with Gasteiger partial charge in [0.05, 0.1) is 0 Å². The van der Waals surface area contributed by atoms with E-state index in [9.17, 15) is 13.2 Å². The van der Waals surface area contributed by atoms with Crippen molar-refractivity contribution in [3.05, 3.63) is 0 Å². The molecule has 1 rings (SSSR count). The minimum absolute atomic E-state index is 0.0342. The molecule has 1 fully saturated rings. The van der Waals surface area contributed by atoms with E-state index in [1.165, 1.54) is 11.4 Å². The minimum Gasteiger partial charge on any atom is -0.480 e. The fraction of sp³-hybridized carbons (Fsp3) is 0.900. The zero-order chi connectivity index (χ0) is 12.3. The molecule has 2 atom stereocenters. The van der Waals surface area contributed by atoms with Crippen LogP contribution in [0.2, 0.25) is 0 Å². The topological polar surface area (TPSA) is 74.7 Å². The van der Waals surface area contributed by atoms with Crippen molar-refractivity contribution >= 4 is 16.0 Å². The first-order valence-corrected chi connectivity index (χ1v) is 7.11. The van der Waals surface area contributed by atoms with E-state index in [1.54, 1.807) is 0 Å². The highest BCUT2D eigenvalue weighted by Gasteiger charge is 2.31. The van der Waals surface area contributed by atoms with Crippen LogP contribution in [-0.2, 0) is 14.8 Å². The molecule has 1 aliphatic rings. The third-order valence-electron chi connectivity index (χ3n) is 3.17. The molecule has 1 aliphatic carbocycles. The van der Waals surface area contributed by atoms with Gasteiger partial charge in [0, 0.05) is 13.1 Å². The Labute approximate surface area is 96.5 Å². The molecule has 16 heavy (non-hydrogen) atoms. The van der Waals surface area contributed by atoms with Crippen molar-refractivity contribution in [2.24, 2.45) is 5.92 Å². The maximum absolute atomic E-state index is 11.7. The Bertz CT molecular complexity index is 352. The second kappa shape index (κ2) is 5.14. The predicted octanol–water partition coefficient (Wildman–Crippen LogP) is 0.911. The lowest BCUT2D eigenvalue weighted by Gasteiger charge is -2.33. The van der Waals surface area contributed by atoms with Gasteiger partial charge in [-0.1, -0.05) is 19.8 Å². The van der Waals surface area contributed by atoms with Crippen LogP contribution in [0.15, 0.2) is 0 Å². The first-order valence-electron chi connectivity index (χ1n) is 5.50. The lowest BCUT2D eigenvalue weighted by molar-refractivity contribution is -0.134. The summed E-state index contributed by atoms with van der Waals surface area (Å²) in [5.41, 5.74) is 0. The summed E-state index contributed by atoms with van der Waals surface area (Å²) in [5.74, 6) is -1.59. The van der Waals surface area contributed by atoms with Crippen LogP contribution in [0.5, 0.6) is 0 Å². The third-order valence-corrected chi connectivity index (χ3v) is 4.96. The van der Waals surface area contributed by atoms with Crippen molar-refractivity contribution in [1.29, 1.82) is 0 Å². The van der Waals surface area contributed by atoms with Gasteiger partial charge in [0.25, 0.3) is 0 Å². The van der Waals surface area contributed by atoms with Gasteiger partial charge in [0.2, 0.25) is 10.0 Å². The van der Waals surface area contributed by atoms with Gasteiger partial charge >= 0.3 is 5.97 Å². The Kier molecular flexibility index (Phi) is 4.32. The van der Waals surface area contributed by atoms with Crippen molar-refractivity contribution in [1.82, 2.24) is 4.31 Å². The largest absolute Gasteiger partial charge is 0.480 e. The van der Waals surface area contributed by atoms with Gasteiger partial charge in [-0.3, -0.25) is 4.79 Å². The number of sulfonamides is 1. The number of hydrogen-bond acceptors (Lipinski definition) is 3. The van der Waals surface area contributed by atoms with E-state index >= 15 is 0 Å². The number of rotatable bonds is 4. The molecule has 0 heterocycles. The zero-order valence-corrected chi connectivity index (χ0v) is 10.5. The second-order valence-electron chi connectivity index (χ2n) is 4.59. The number of hydrogen-bond donors (Lipinski definition) is 1. The van der Waals surface area contributed by atoms with Crippen molar-refractivity contribution in [2.45, 2.75) is 38.6 Å². The Hall–Kier alpha value is -0.620. The lowest BCUT2D eigenvalue weighted by Crippen LogP contribution is -2.42. The van der Waals surface area contributed by atoms with Gasteiger partial charge in [-0.2, -0.15) is 0 Å². The normalized spacial score (nSPS) is 26.9. The molecule has 0 saturated heterocycles. The lowest BCUT2D eigenvalue weighted by atomic mass is 9.87. The summed E-state index contributed by atoms with van der Waals surface area (Å²) in [6.45, 7) is 2.10. The van der Waals surface area contributed by atoms with Gasteiger partial charge in [-0.15, -0.1) is 0 Å². The Morgan fingerprint density at radius 2 is 2.06 bits per heavy atom. The number of aliphatic carboxylic acids is 1. The van der Waals surface area contributed by atoms with E-state index in [1.807, 2.05) is 0 Å². The second-order valence-corrected chi connectivity index (χ2v) is 6.62. The van der Waals surface area contributed by atoms with Crippen molar-refractivity contribution < 1.29 is 18.3 Å². The first-order chi connectivity index (χ1) is 7.33. The number of carboxylic acid groups (broad SMARTS) is 1. The summed E-state index contributed by atoms with van der Waals surface area (Å²) in [6.07, 6.45) is 3.80. The number of carboxylic acids is 1. The highest BCUT2D eigenvalue weighted by atomic mass is 32.2. The Morgan fingerprint density at radius 1 is 1.44 bits per heavy atom. The highest BCUT2D eigenvalue weighted by Crippen LogP contribution is 2.27. The molecule has 0 aromatic carbocycles. The average molecular weight is 249 g/mol. The smallest absolute Gasteiger partial charge is 0.320 e. The van der Waals surface area contributed by atoms with Crippen molar-refractivity contribution in [2.75, 3.05) is 12.8 Å². The molecule has 0 radical (unpaired) electrons. The molecule has 0 aromatic heterocycles. The Balaban J connectivity index is 2.69. The van der Waals surface area contributed by atoms with Crippen molar-refractivity contribution in [3.8, 4) is 0 Å². The molecule has 5 nitrogen and oxygen atoms in total. The molecule has 0 aliphatic heterocycles. The van der Waals surface area contributed by atoms with Crippen LogP contribution in [0.1, 0.15) is 32.6 Å². The van der Waals surface area contributed by atoms with Crippen LogP contribution < -0.4 is 0 Å². The summed E-state index contributed by atoms with van der Waals surface area (Å²) < 4.78 is 24.6. The standard InChI is InChI=1S/C10H19NO4S/c1-8-4-3-5-9(6-8)11(2)16(14,15)7-10(12)13/h8-9H,3-7H2,1-2H3,(H,12,13). The molecule has 1 N–H and O–H groups in total. The van der Waals surface area contributed by atoms with E-state index < -0.39 is 21.7 Å². The van der Waals surface area contributed by atoms with Crippen LogP contribution in [0.25, 0.3) is 0 Å². The zero-order valence-electron chi connectivity index (χ0n) is 9.72. The van der Waals surface area contributed by atoms with Crippen LogP contribution >= 0.6 is 0 Å². The Morgan fingerprint density at radius 3 is 2.56 bits per heavy atom. The van der Waals surface area contributed by atoms with E-state index in [0.29, 0.717) is 5.92 Å². The molecule has 0 bridgehead atoms. The van der Waals surface area contributed by atoms with Crippen LogP contribution in [0.3, 0.4) is 0 Å². The summed E-state index contributed by atoms with van der Waals surface area (Å²) in [6, 6.07) is -0.0342. The fourth-order valence-corrected chi connectivity index (χ4v) is 3.38. The SMILES string of the molecule is CC1CCCC(N(C)S(=O)(=O)CC(=O)O)C1. The van der Waals surface area contributed by atoms with Crippen LogP contribution in [0.4, 0.5) is 0 Å². The quantitative estimate of drug-likeness (QED) is 0.803. The minimum atomic E-state index is -3.65. The maximum Gasteiger partial charge on any atom is 0.320 e. The fourth-order valence-electron chi connectivity index (χ4n) is 2.22. The monoisotopic (exact) mass is 249 g/mol. The molecule has 2 unspecified atom stereocenters. The predicted molar refractivity (Wildman–Crippen MR) is 60.6 cm³/mol. The highest BCUT2D eigenvalue weighted by molar-refractivity contribution is 7.89. The van der Waals surface area contributed by atoms with Crippen molar-refractivity contribution in [3.63, 3.8) is 0 Å².